The van der Waals surface area contributed by atoms with Crippen LogP contribution in [-0.2, 0) is 4.79 Å². The number of hydrogen-bond acceptors (Lipinski definition) is 7. The zero-order valence-corrected chi connectivity index (χ0v) is 17.8. The number of amidine groups is 1. The number of rotatable bonds is 7. The number of hydrogen-bond donors (Lipinski definition) is 2. The first-order chi connectivity index (χ1) is 14.9. The fourth-order valence-corrected chi connectivity index (χ4v) is 3.65. The van der Waals surface area contributed by atoms with E-state index >= 15 is 0 Å². The van der Waals surface area contributed by atoms with Gasteiger partial charge in [-0.05, 0) is 60.7 Å². The van der Waals surface area contributed by atoms with Crippen LogP contribution < -0.4 is 14.8 Å². The summed E-state index contributed by atoms with van der Waals surface area (Å²) in [4.78, 5) is 28.3. The monoisotopic (exact) mass is 457 g/mol. The van der Waals surface area contributed by atoms with Crippen LogP contribution in [0.2, 0.25) is 5.02 Å². The quantitative estimate of drug-likeness (QED) is 0.596. The smallest absolute Gasteiger partial charge is 0.337 e. The first-order valence-electron chi connectivity index (χ1n) is 9.00. The van der Waals surface area contributed by atoms with E-state index in [0.29, 0.717) is 39.4 Å². The summed E-state index contributed by atoms with van der Waals surface area (Å²) in [6.45, 7) is 2.13. The van der Waals surface area contributed by atoms with Crippen molar-refractivity contribution in [3.8, 4) is 17.6 Å². The maximum atomic E-state index is 12.3. The van der Waals surface area contributed by atoms with E-state index in [1.165, 1.54) is 12.1 Å². The molecular weight excluding hydrogens is 442 g/mol. The highest BCUT2D eigenvalue weighted by Gasteiger charge is 2.24. The first-order valence-corrected chi connectivity index (χ1v) is 10.2. The van der Waals surface area contributed by atoms with Crippen LogP contribution in [0.15, 0.2) is 46.3 Å². The van der Waals surface area contributed by atoms with Crippen LogP contribution in [0.1, 0.15) is 22.8 Å². The molecule has 0 atom stereocenters. The van der Waals surface area contributed by atoms with Crippen LogP contribution in [0.5, 0.6) is 11.5 Å². The van der Waals surface area contributed by atoms with Gasteiger partial charge in [0.25, 0.3) is 5.91 Å². The van der Waals surface area contributed by atoms with Gasteiger partial charge in [-0.2, -0.15) is 5.26 Å². The topological polar surface area (TPSA) is 121 Å². The molecule has 1 aliphatic heterocycles. The van der Waals surface area contributed by atoms with Crippen LogP contribution in [0.4, 0.5) is 5.69 Å². The molecule has 8 nitrogen and oxygen atoms in total. The molecule has 0 spiro atoms. The summed E-state index contributed by atoms with van der Waals surface area (Å²) in [6, 6.07) is 11.4. The predicted molar refractivity (Wildman–Crippen MR) is 118 cm³/mol. The zero-order valence-electron chi connectivity index (χ0n) is 16.2. The van der Waals surface area contributed by atoms with Gasteiger partial charge in [-0.25, -0.2) is 9.79 Å². The van der Waals surface area contributed by atoms with Gasteiger partial charge in [0.1, 0.15) is 6.07 Å². The molecule has 1 saturated heterocycles. The largest absolute Gasteiger partial charge is 0.490 e. The number of thioether (sulfide) groups is 1. The molecule has 2 aromatic carbocycles. The van der Waals surface area contributed by atoms with Gasteiger partial charge < -0.3 is 19.9 Å². The summed E-state index contributed by atoms with van der Waals surface area (Å²) in [5.41, 5.74) is 0.977. The number of carboxylic acids is 1. The second kappa shape index (κ2) is 10.0. The number of carbonyl (C=O) groups is 2. The Hall–Kier alpha value is -3.48. The Labute approximate surface area is 187 Å². The molecule has 0 aromatic heterocycles. The number of halogens is 1. The fourth-order valence-electron chi connectivity index (χ4n) is 2.61. The summed E-state index contributed by atoms with van der Waals surface area (Å²) in [5, 5.41) is 20.9. The first kappa shape index (κ1) is 22.2. The molecule has 31 heavy (non-hydrogen) atoms. The van der Waals surface area contributed by atoms with E-state index in [1.54, 1.807) is 30.3 Å². The number of carbonyl (C=O) groups excluding carboxylic acids is 1. The summed E-state index contributed by atoms with van der Waals surface area (Å²) in [5.74, 6) is -0.595. The van der Waals surface area contributed by atoms with Crippen molar-refractivity contribution in [1.29, 1.82) is 5.26 Å². The number of aliphatic imine (C=N–C) groups is 1. The van der Waals surface area contributed by atoms with Gasteiger partial charge in [0.05, 0.1) is 27.8 Å². The predicted octanol–water partition coefficient (Wildman–Crippen LogP) is 4.23. The van der Waals surface area contributed by atoms with Crippen molar-refractivity contribution >= 4 is 52.2 Å². The summed E-state index contributed by atoms with van der Waals surface area (Å²) < 4.78 is 10.9. The van der Waals surface area contributed by atoms with Gasteiger partial charge in [0.2, 0.25) is 0 Å². The second-order valence-corrected chi connectivity index (χ2v) is 7.47. The minimum absolute atomic E-state index is 0.0734. The van der Waals surface area contributed by atoms with Crippen molar-refractivity contribution in [1.82, 2.24) is 5.32 Å². The lowest BCUT2D eigenvalue weighted by atomic mass is 10.2. The number of amides is 1. The zero-order chi connectivity index (χ0) is 22.4. The molecule has 0 aliphatic carbocycles. The van der Waals surface area contributed by atoms with Crippen LogP contribution in [-0.4, -0.2) is 35.4 Å². The molecule has 1 fully saturated rings. The van der Waals surface area contributed by atoms with E-state index in [-0.39, 0.29) is 23.1 Å². The van der Waals surface area contributed by atoms with Gasteiger partial charge in [-0.15, -0.1) is 0 Å². The number of ether oxygens (including phenoxy) is 2. The molecule has 0 unspecified atom stereocenters. The number of carboxylic acid groups (broad SMARTS) is 1. The van der Waals surface area contributed by atoms with E-state index in [1.807, 2.05) is 13.0 Å². The molecule has 1 amide bonds. The van der Waals surface area contributed by atoms with Gasteiger partial charge in [0.15, 0.2) is 23.3 Å². The van der Waals surface area contributed by atoms with Crippen molar-refractivity contribution < 1.29 is 24.2 Å². The lowest BCUT2D eigenvalue weighted by Crippen LogP contribution is -2.19. The lowest BCUT2D eigenvalue weighted by molar-refractivity contribution is -0.115. The molecule has 10 heteroatoms. The second-order valence-electron chi connectivity index (χ2n) is 6.04. The summed E-state index contributed by atoms with van der Waals surface area (Å²) in [7, 11) is 0. The SMILES string of the molecule is CCOc1cc(C=C2SC(=Nc3ccc(Cl)c(C(=O)O)c3)NC2=O)ccc1OCC#N. The van der Waals surface area contributed by atoms with Crippen LogP contribution in [0.3, 0.4) is 0 Å². The van der Waals surface area contributed by atoms with Gasteiger partial charge in [-0.1, -0.05) is 17.7 Å². The number of aromatic carboxylic acids is 1. The summed E-state index contributed by atoms with van der Waals surface area (Å²) >= 11 is 6.99. The van der Waals surface area contributed by atoms with Crippen molar-refractivity contribution in [3.05, 3.63) is 57.5 Å². The minimum atomic E-state index is -1.16. The molecule has 0 saturated carbocycles. The maximum Gasteiger partial charge on any atom is 0.337 e. The number of benzene rings is 2. The molecule has 1 aliphatic rings. The van der Waals surface area contributed by atoms with Gasteiger partial charge >= 0.3 is 5.97 Å². The Balaban J connectivity index is 1.84. The van der Waals surface area contributed by atoms with Gasteiger partial charge in [0, 0.05) is 0 Å². The maximum absolute atomic E-state index is 12.3. The highest BCUT2D eigenvalue weighted by molar-refractivity contribution is 8.18. The van der Waals surface area contributed by atoms with E-state index in [9.17, 15) is 14.7 Å². The fraction of sp³-hybridized carbons (Fsp3) is 0.143. The average molecular weight is 458 g/mol. The van der Waals surface area contributed by atoms with Gasteiger partial charge in [-0.3, -0.25) is 4.79 Å². The average Bonchev–Trinajstić information content (AvgIpc) is 3.07. The molecule has 158 valence electrons. The molecular formula is C21H16ClN3O5S. The van der Waals surface area contributed by atoms with E-state index < -0.39 is 5.97 Å². The van der Waals surface area contributed by atoms with Crippen molar-refractivity contribution in [2.75, 3.05) is 13.2 Å². The van der Waals surface area contributed by atoms with Crippen molar-refractivity contribution in [2.45, 2.75) is 6.92 Å². The van der Waals surface area contributed by atoms with Crippen LogP contribution in [0, 0.1) is 11.3 Å². The van der Waals surface area contributed by atoms with Crippen LogP contribution >= 0.6 is 23.4 Å². The third-order valence-electron chi connectivity index (χ3n) is 3.92. The van der Waals surface area contributed by atoms with Crippen LogP contribution in [0.25, 0.3) is 6.08 Å². The number of nitriles is 1. The Bertz CT molecular complexity index is 1140. The third-order valence-corrected chi connectivity index (χ3v) is 5.16. The van der Waals surface area contributed by atoms with E-state index in [2.05, 4.69) is 10.3 Å². The van der Waals surface area contributed by atoms with Crippen molar-refractivity contribution in [3.63, 3.8) is 0 Å². The Kier molecular flexibility index (Phi) is 7.18. The van der Waals surface area contributed by atoms with E-state index in [0.717, 1.165) is 11.8 Å². The Morgan fingerprint density at radius 2 is 2.10 bits per heavy atom. The summed E-state index contributed by atoms with van der Waals surface area (Å²) in [6.07, 6.45) is 1.67. The van der Waals surface area contributed by atoms with E-state index in [4.69, 9.17) is 26.3 Å². The normalized spacial score (nSPS) is 15.6. The highest BCUT2D eigenvalue weighted by Crippen LogP contribution is 2.33. The number of nitrogens with zero attached hydrogens (tertiary/aromatic N) is 2. The lowest BCUT2D eigenvalue weighted by Gasteiger charge is -2.10. The molecule has 0 bridgehead atoms. The molecule has 2 N–H and O–H groups in total. The molecule has 2 aromatic rings. The minimum Gasteiger partial charge on any atom is -0.490 e. The standard InChI is InChI=1S/C21H16ClN3O5S/c1-2-29-17-9-12(3-6-16(17)30-8-7-23)10-18-19(26)25-21(31-18)24-13-4-5-15(22)14(11-13)20(27)28/h3-6,9-11H,2,8H2,1H3,(H,27,28)(H,24,25,26). The molecule has 3 rings (SSSR count). The molecule has 1 heterocycles. The third kappa shape index (κ3) is 5.57. The Morgan fingerprint density at radius 1 is 1.29 bits per heavy atom. The Morgan fingerprint density at radius 3 is 2.81 bits per heavy atom. The number of nitrogens with one attached hydrogen (secondary N) is 1. The van der Waals surface area contributed by atoms with Crippen molar-refractivity contribution in [2.24, 2.45) is 4.99 Å². The molecule has 0 radical (unpaired) electrons. The highest BCUT2D eigenvalue weighted by atomic mass is 35.5.